The number of aryl methyl sites for hydroxylation is 1. The van der Waals surface area contributed by atoms with Gasteiger partial charge in [0.25, 0.3) is 0 Å². The number of nitrogens with two attached hydrogens (primary N) is 1. The number of hydrogen-bond acceptors (Lipinski definition) is 5. The fourth-order valence-corrected chi connectivity index (χ4v) is 4.24. The minimum Gasteiger partial charge on any atom is -0.323 e. The van der Waals surface area contributed by atoms with Crippen molar-refractivity contribution in [3.63, 3.8) is 0 Å². The van der Waals surface area contributed by atoms with Crippen molar-refractivity contribution in [1.29, 1.82) is 0 Å². The Morgan fingerprint density at radius 3 is 2.94 bits per heavy atom. The van der Waals surface area contributed by atoms with E-state index in [9.17, 15) is 0 Å². The predicted octanol–water partition coefficient (Wildman–Crippen LogP) is 2.56. The summed E-state index contributed by atoms with van der Waals surface area (Å²) < 4.78 is 5.23. The van der Waals surface area contributed by atoms with Gasteiger partial charge in [0.15, 0.2) is 4.34 Å². The molecule has 0 aliphatic heterocycles. The van der Waals surface area contributed by atoms with Gasteiger partial charge in [0.2, 0.25) is 0 Å². The SMILES string of the molecule is Cc1nsc(SC2Cc3ccccc3C2N)n1. The molecule has 1 aliphatic carbocycles. The van der Waals surface area contributed by atoms with E-state index in [2.05, 4.69) is 33.6 Å². The van der Waals surface area contributed by atoms with Crippen LogP contribution >= 0.6 is 23.3 Å². The molecule has 3 rings (SSSR count). The van der Waals surface area contributed by atoms with Crippen LogP contribution in [0.2, 0.25) is 0 Å². The zero-order valence-electron chi connectivity index (χ0n) is 9.46. The molecule has 0 bridgehead atoms. The number of nitrogens with zero attached hydrogens (tertiary/aromatic N) is 2. The Hall–Kier alpha value is -0.910. The van der Waals surface area contributed by atoms with E-state index in [1.54, 1.807) is 11.8 Å². The molecule has 2 aromatic rings. The van der Waals surface area contributed by atoms with E-state index in [4.69, 9.17) is 5.73 Å². The molecule has 88 valence electrons. The van der Waals surface area contributed by atoms with E-state index < -0.39 is 0 Å². The summed E-state index contributed by atoms with van der Waals surface area (Å²) in [4.78, 5) is 4.39. The van der Waals surface area contributed by atoms with E-state index in [-0.39, 0.29) is 6.04 Å². The fraction of sp³-hybridized carbons (Fsp3) is 0.333. The summed E-state index contributed by atoms with van der Waals surface area (Å²) in [7, 11) is 0. The van der Waals surface area contributed by atoms with Crippen LogP contribution in [0.3, 0.4) is 0 Å². The van der Waals surface area contributed by atoms with Gasteiger partial charge in [0.1, 0.15) is 5.82 Å². The third kappa shape index (κ3) is 2.10. The highest BCUT2D eigenvalue weighted by atomic mass is 32.2. The molecule has 0 fully saturated rings. The topological polar surface area (TPSA) is 51.8 Å². The molecule has 17 heavy (non-hydrogen) atoms. The van der Waals surface area contributed by atoms with E-state index in [1.807, 2.05) is 6.92 Å². The van der Waals surface area contributed by atoms with Crippen molar-refractivity contribution in [2.24, 2.45) is 5.73 Å². The maximum absolute atomic E-state index is 6.28. The van der Waals surface area contributed by atoms with Crippen LogP contribution in [0.1, 0.15) is 23.0 Å². The summed E-state index contributed by atoms with van der Waals surface area (Å²) in [5.74, 6) is 0.849. The summed E-state index contributed by atoms with van der Waals surface area (Å²) in [5.41, 5.74) is 8.94. The summed E-state index contributed by atoms with van der Waals surface area (Å²) >= 11 is 3.22. The average Bonchev–Trinajstić information content (AvgIpc) is 2.86. The third-order valence-corrected chi connectivity index (χ3v) is 5.17. The van der Waals surface area contributed by atoms with Crippen LogP contribution in [-0.4, -0.2) is 14.6 Å². The first-order valence-corrected chi connectivity index (χ1v) is 7.19. The molecule has 1 aliphatic rings. The van der Waals surface area contributed by atoms with E-state index >= 15 is 0 Å². The molecule has 0 saturated heterocycles. The molecular weight excluding hydrogens is 250 g/mol. The Kier molecular flexibility index (Phi) is 2.90. The van der Waals surface area contributed by atoms with E-state index in [0.717, 1.165) is 16.6 Å². The molecule has 2 N–H and O–H groups in total. The van der Waals surface area contributed by atoms with Crippen molar-refractivity contribution in [1.82, 2.24) is 9.36 Å². The molecule has 2 unspecified atom stereocenters. The van der Waals surface area contributed by atoms with Gasteiger partial charge in [0, 0.05) is 11.3 Å². The van der Waals surface area contributed by atoms with E-state index in [0.29, 0.717) is 5.25 Å². The first kappa shape index (κ1) is 11.2. The quantitative estimate of drug-likeness (QED) is 0.904. The van der Waals surface area contributed by atoms with Crippen molar-refractivity contribution in [3.8, 4) is 0 Å². The van der Waals surface area contributed by atoms with Crippen molar-refractivity contribution < 1.29 is 0 Å². The van der Waals surface area contributed by atoms with Crippen molar-refractivity contribution >= 4 is 23.3 Å². The predicted molar refractivity (Wildman–Crippen MR) is 71.4 cm³/mol. The molecule has 0 radical (unpaired) electrons. The Morgan fingerprint density at radius 2 is 2.24 bits per heavy atom. The number of rotatable bonds is 2. The lowest BCUT2D eigenvalue weighted by atomic mass is 10.1. The van der Waals surface area contributed by atoms with Gasteiger partial charge >= 0.3 is 0 Å². The first-order valence-electron chi connectivity index (χ1n) is 5.54. The molecule has 1 heterocycles. The highest BCUT2D eigenvalue weighted by Gasteiger charge is 2.30. The van der Waals surface area contributed by atoms with Crippen LogP contribution in [-0.2, 0) is 6.42 Å². The lowest BCUT2D eigenvalue weighted by Gasteiger charge is -2.13. The maximum atomic E-state index is 6.28. The van der Waals surface area contributed by atoms with Gasteiger partial charge in [-0.05, 0) is 36.0 Å². The minimum atomic E-state index is 0.111. The Balaban J connectivity index is 1.80. The minimum absolute atomic E-state index is 0.111. The van der Waals surface area contributed by atoms with Crippen molar-refractivity contribution in [3.05, 3.63) is 41.2 Å². The Morgan fingerprint density at radius 1 is 1.41 bits per heavy atom. The molecule has 0 spiro atoms. The summed E-state index contributed by atoms with van der Waals surface area (Å²) in [6, 6.07) is 8.54. The lowest BCUT2D eigenvalue weighted by Crippen LogP contribution is -2.18. The van der Waals surface area contributed by atoms with Crippen LogP contribution in [0.15, 0.2) is 28.6 Å². The third-order valence-electron chi connectivity index (χ3n) is 3.00. The van der Waals surface area contributed by atoms with Gasteiger partial charge in [0.05, 0.1) is 0 Å². The lowest BCUT2D eigenvalue weighted by molar-refractivity contribution is 0.731. The number of benzene rings is 1. The second kappa shape index (κ2) is 4.40. The number of hydrogen-bond donors (Lipinski definition) is 1. The average molecular weight is 263 g/mol. The molecule has 2 atom stereocenters. The molecule has 0 saturated carbocycles. The molecule has 5 heteroatoms. The van der Waals surface area contributed by atoms with Crippen LogP contribution in [0, 0.1) is 6.92 Å². The van der Waals surface area contributed by atoms with E-state index in [1.165, 1.54) is 22.7 Å². The van der Waals surface area contributed by atoms with Crippen LogP contribution < -0.4 is 5.73 Å². The Labute approximate surface area is 109 Å². The molecule has 1 aromatic carbocycles. The van der Waals surface area contributed by atoms with Gasteiger partial charge in [-0.1, -0.05) is 36.0 Å². The number of fused-ring (bicyclic) bond motifs is 1. The largest absolute Gasteiger partial charge is 0.323 e. The number of thioether (sulfide) groups is 1. The zero-order valence-corrected chi connectivity index (χ0v) is 11.1. The van der Waals surface area contributed by atoms with Crippen LogP contribution in [0.25, 0.3) is 0 Å². The molecule has 3 nitrogen and oxygen atoms in total. The van der Waals surface area contributed by atoms with Crippen molar-refractivity contribution in [2.75, 3.05) is 0 Å². The summed E-state index contributed by atoms with van der Waals surface area (Å²) in [6.45, 7) is 1.92. The van der Waals surface area contributed by atoms with Gasteiger partial charge in [-0.2, -0.15) is 4.37 Å². The molecular formula is C12H13N3S2. The second-order valence-electron chi connectivity index (χ2n) is 4.19. The van der Waals surface area contributed by atoms with Gasteiger partial charge in [-0.25, -0.2) is 4.98 Å². The number of aromatic nitrogens is 2. The smallest absolute Gasteiger partial charge is 0.170 e. The second-order valence-corrected chi connectivity index (χ2v) is 6.43. The van der Waals surface area contributed by atoms with Gasteiger partial charge in [-0.15, -0.1) is 0 Å². The van der Waals surface area contributed by atoms with Crippen LogP contribution in [0.5, 0.6) is 0 Å². The monoisotopic (exact) mass is 263 g/mol. The summed E-state index contributed by atoms with van der Waals surface area (Å²) in [5, 5.41) is 0.389. The van der Waals surface area contributed by atoms with Crippen molar-refractivity contribution in [2.45, 2.75) is 29.0 Å². The Bertz CT molecular complexity index is 538. The zero-order chi connectivity index (χ0) is 11.8. The summed E-state index contributed by atoms with van der Waals surface area (Å²) in [6.07, 6.45) is 1.03. The standard InChI is InChI=1S/C12H13N3S2/c1-7-14-12(17-15-7)16-10-6-8-4-2-3-5-9(8)11(10)13/h2-5,10-11H,6,13H2,1H3. The van der Waals surface area contributed by atoms with Gasteiger partial charge in [-0.3, -0.25) is 0 Å². The van der Waals surface area contributed by atoms with Gasteiger partial charge < -0.3 is 5.73 Å². The molecule has 0 amide bonds. The first-order chi connectivity index (χ1) is 8.24. The fourth-order valence-electron chi connectivity index (χ4n) is 2.16. The highest BCUT2D eigenvalue weighted by molar-refractivity contribution is 8.01. The van der Waals surface area contributed by atoms with Crippen LogP contribution in [0.4, 0.5) is 0 Å². The highest BCUT2D eigenvalue weighted by Crippen LogP contribution is 2.40. The molecule has 1 aromatic heterocycles. The maximum Gasteiger partial charge on any atom is 0.170 e. The normalized spacial score (nSPS) is 22.7.